The third-order valence-electron chi connectivity index (χ3n) is 12.7. The molecule has 3 N–H and O–H groups in total. The van der Waals surface area contributed by atoms with Crippen LogP contribution in [0.2, 0.25) is 0 Å². The number of carbonyl (C=O) groups excluding carboxylic acids is 1. The van der Waals surface area contributed by atoms with E-state index in [0.717, 1.165) is 86.0 Å². The van der Waals surface area contributed by atoms with E-state index in [2.05, 4.69) is 23.7 Å². The number of hydrogen-bond donors (Lipinski definition) is 3. The van der Waals surface area contributed by atoms with Gasteiger partial charge < -0.3 is 48.7 Å². The fraction of sp³-hybridized carbons (Fsp3) is 0.638. The number of rotatable bonds is 23. The van der Waals surface area contributed by atoms with Crippen LogP contribution in [0.1, 0.15) is 99.9 Å². The molecule has 2 saturated carbocycles. The molecule has 3 fully saturated rings. The van der Waals surface area contributed by atoms with Crippen LogP contribution in [0.4, 0.5) is 0 Å². The molecule has 0 bridgehead atoms. The van der Waals surface area contributed by atoms with E-state index < -0.39 is 24.0 Å². The average Bonchev–Trinajstić information content (AvgIpc) is 4.12. The molecular formula is C47H65N3O10. The SMILES string of the molecule is C=CCO[C@@]12Oc3ccc(OCc4cccc(C)n4)cc3[C@H]3[C@H](CCCCO)[C@@H](CCCCO)C=C(C(=NOC4CCCCO4)C[C@@H]1N(CCOCCO)C(=O)C1CC1)[C@H]32. The van der Waals surface area contributed by atoms with Crippen molar-refractivity contribution in [3.63, 3.8) is 0 Å². The van der Waals surface area contributed by atoms with E-state index in [1.54, 1.807) is 6.08 Å². The van der Waals surface area contributed by atoms with Crippen molar-refractivity contribution < 1.29 is 48.6 Å². The monoisotopic (exact) mass is 831 g/mol. The van der Waals surface area contributed by atoms with Gasteiger partial charge in [0, 0.05) is 55.7 Å². The van der Waals surface area contributed by atoms with Crippen molar-refractivity contribution in [2.45, 2.75) is 115 Å². The molecule has 7 rings (SSSR count). The van der Waals surface area contributed by atoms with Crippen LogP contribution in [0.15, 0.2) is 65.9 Å². The third kappa shape index (κ3) is 10.3. The molecule has 3 heterocycles. The Bertz CT molecular complexity index is 1790. The molecule has 1 amide bonds. The van der Waals surface area contributed by atoms with E-state index in [1.165, 1.54) is 0 Å². The number of allylic oxidation sites excluding steroid dienone is 1. The molecule has 2 aromatic rings. The lowest BCUT2D eigenvalue weighted by molar-refractivity contribution is -0.258. The zero-order chi connectivity index (χ0) is 41.9. The fourth-order valence-electron chi connectivity index (χ4n) is 9.81. The van der Waals surface area contributed by atoms with Gasteiger partial charge in [0.2, 0.25) is 18.0 Å². The highest BCUT2D eigenvalue weighted by molar-refractivity contribution is 6.03. The maximum Gasteiger partial charge on any atom is 0.239 e. The number of pyridine rings is 1. The van der Waals surface area contributed by atoms with Crippen molar-refractivity contribution in [1.29, 1.82) is 0 Å². The average molecular weight is 832 g/mol. The first-order valence-electron chi connectivity index (χ1n) is 22.3. The number of aryl methyl sites for hydroxylation is 1. The number of aromatic nitrogens is 1. The summed E-state index contributed by atoms with van der Waals surface area (Å²) in [6.07, 6.45) is 12.9. The molecule has 328 valence electrons. The summed E-state index contributed by atoms with van der Waals surface area (Å²) in [4.78, 5) is 27.4. The van der Waals surface area contributed by atoms with E-state index in [4.69, 9.17) is 33.7 Å². The highest BCUT2D eigenvalue weighted by Crippen LogP contribution is 2.62. The maximum atomic E-state index is 14.6. The number of nitrogens with zero attached hydrogens (tertiary/aromatic N) is 3. The number of aliphatic hydroxyl groups is 3. The van der Waals surface area contributed by atoms with Gasteiger partial charge in [-0.15, -0.1) is 6.58 Å². The number of ether oxygens (including phenoxy) is 5. The summed E-state index contributed by atoms with van der Waals surface area (Å²) in [6.45, 7) is 7.85. The van der Waals surface area contributed by atoms with E-state index in [-0.39, 0.29) is 75.8 Å². The van der Waals surface area contributed by atoms with E-state index in [9.17, 15) is 20.1 Å². The van der Waals surface area contributed by atoms with Crippen molar-refractivity contribution in [3.8, 4) is 11.5 Å². The number of fused-ring (bicyclic) bond motifs is 2. The topological polar surface area (TPSA) is 162 Å². The summed E-state index contributed by atoms with van der Waals surface area (Å²) < 4.78 is 32.7. The van der Waals surface area contributed by atoms with Crippen molar-refractivity contribution in [1.82, 2.24) is 9.88 Å². The fourth-order valence-corrected chi connectivity index (χ4v) is 9.81. The van der Waals surface area contributed by atoms with E-state index in [0.29, 0.717) is 44.0 Å². The first-order valence-corrected chi connectivity index (χ1v) is 22.3. The van der Waals surface area contributed by atoms with Crippen LogP contribution in [0.25, 0.3) is 0 Å². The molecule has 2 aliphatic heterocycles. The van der Waals surface area contributed by atoms with Crippen LogP contribution in [-0.4, -0.2) is 108 Å². The Morgan fingerprint density at radius 3 is 2.60 bits per heavy atom. The summed E-state index contributed by atoms with van der Waals surface area (Å²) in [5, 5.41) is 34.4. The lowest BCUT2D eigenvalue weighted by Crippen LogP contribution is -2.70. The molecule has 13 heteroatoms. The molecule has 5 aliphatic rings. The minimum Gasteiger partial charge on any atom is -0.487 e. The molecule has 1 aromatic carbocycles. The minimum absolute atomic E-state index is 0.0223. The van der Waals surface area contributed by atoms with Gasteiger partial charge in [-0.3, -0.25) is 9.78 Å². The number of oxime groups is 1. The van der Waals surface area contributed by atoms with Crippen LogP contribution in [0.5, 0.6) is 11.5 Å². The molecule has 13 nitrogen and oxygen atoms in total. The number of carbonyl (C=O) groups is 1. The number of hydrogen-bond acceptors (Lipinski definition) is 12. The van der Waals surface area contributed by atoms with Gasteiger partial charge in [-0.1, -0.05) is 36.2 Å². The zero-order valence-corrected chi connectivity index (χ0v) is 35.3. The molecule has 7 atom stereocenters. The first kappa shape index (κ1) is 44.2. The quantitative estimate of drug-likeness (QED) is 0.0648. The van der Waals surface area contributed by atoms with E-state index in [1.807, 2.05) is 42.2 Å². The van der Waals surface area contributed by atoms with Crippen molar-refractivity contribution in [2.24, 2.45) is 28.8 Å². The van der Waals surface area contributed by atoms with Gasteiger partial charge in [-0.05, 0) is 106 Å². The molecule has 0 radical (unpaired) electrons. The Labute approximate surface area is 354 Å². The predicted octanol–water partition coefficient (Wildman–Crippen LogP) is 6.38. The second kappa shape index (κ2) is 21.3. The largest absolute Gasteiger partial charge is 0.487 e. The standard InChI is InChI=1S/C47H65N3O10/c1-3-24-58-47-42(50(20-26-55-27-23-53)46(54)33-16-17-33)30-40(49-60-43-15-6-9-25-56-43)38-28-34(12-4-7-21-51)37(14-5-8-22-52)44(45(38)47)39-29-36(18-19-41(39)59-47)57-31-35-13-10-11-32(2)48-35/h3,10-11,13,18-19,28-29,33-34,37,42-45,51-53H,1,4-9,12,14-17,20-27,30-31H2,2H3/t34-,37+,42-,43?,44+,45+,47+/m0/s1. The van der Waals surface area contributed by atoms with Crippen molar-refractivity contribution in [2.75, 3.05) is 52.8 Å². The maximum absolute atomic E-state index is 14.6. The summed E-state index contributed by atoms with van der Waals surface area (Å²) in [5.74, 6) is -0.537. The summed E-state index contributed by atoms with van der Waals surface area (Å²) in [7, 11) is 0. The highest BCUT2D eigenvalue weighted by atomic mass is 16.8. The molecule has 1 aromatic heterocycles. The van der Waals surface area contributed by atoms with Crippen LogP contribution < -0.4 is 9.47 Å². The number of amides is 1. The summed E-state index contributed by atoms with van der Waals surface area (Å²) >= 11 is 0. The zero-order valence-electron chi connectivity index (χ0n) is 35.3. The van der Waals surface area contributed by atoms with Crippen molar-refractivity contribution >= 4 is 11.6 Å². The van der Waals surface area contributed by atoms with Gasteiger partial charge in [-0.25, -0.2) is 0 Å². The van der Waals surface area contributed by atoms with Gasteiger partial charge in [0.25, 0.3) is 0 Å². The Morgan fingerprint density at radius 1 is 1.03 bits per heavy atom. The molecular weight excluding hydrogens is 767 g/mol. The summed E-state index contributed by atoms with van der Waals surface area (Å²) in [5.41, 5.74) is 4.44. The van der Waals surface area contributed by atoms with Crippen LogP contribution >= 0.6 is 0 Å². The number of unbranched alkanes of at least 4 members (excludes halogenated alkanes) is 2. The Kier molecular flexibility index (Phi) is 15.7. The number of benzene rings is 1. The summed E-state index contributed by atoms with van der Waals surface area (Å²) in [6, 6.07) is 11.3. The lowest BCUT2D eigenvalue weighted by atomic mass is 9.55. The van der Waals surface area contributed by atoms with Gasteiger partial charge in [-0.2, -0.15) is 0 Å². The van der Waals surface area contributed by atoms with Gasteiger partial charge in [0.15, 0.2) is 0 Å². The highest BCUT2D eigenvalue weighted by Gasteiger charge is 2.66. The molecule has 1 unspecified atom stereocenters. The third-order valence-corrected chi connectivity index (χ3v) is 12.7. The van der Waals surface area contributed by atoms with Crippen LogP contribution in [0, 0.1) is 30.6 Å². The van der Waals surface area contributed by atoms with Gasteiger partial charge in [0.1, 0.15) is 24.1 Å². The van der Waals surface area contributed by atoms with Crippen LogP contribution in [-0.2, 0) is 30.4 Å². The van der Waals surface area contributed by atoms with Gasteiger partial charge in [0.05, 0.1) is 50.4 Å². The normalized spacial score (nSPS) is 27.6. The predicted molar refractivity (Wildman–Crippen MR) is 225 cm³/mol. The van der Waals surface area contributed by atoms with Gasteiger partial charge >= 0.3 is 0 Å². The first-order chi connectivity index (χ1) is 29.4. The van der Waals surface area contributed by atoms with Crippen LogP contribution in [0.3, 0.4) is 0 Å². The molecule has 1 saturated heterocycles. The second-order valence-electron chi connectivity index (χ2n) is 16.9. The Morgan fingerprint density at radius 2 is 1.87 bits per heavy atom. The Hall–Kier alpha value is -3.85. The van der Waals surface area contributed by atoms with Crippen molar-refractivity contribution in [3.05, 3.63) is 77.7 Å². The van der Waals surface area contributed by atoms with E-state index >= 15 is 0 Å². The molecule has 0 spiro atoms. The molecule has 3 aliphatic carbocycles. The smallest absolute Gasteiger partial charge is 0.239 e. The lowest BCUT2D eigenvalue weighted by Gasteiger charge is -2.60. The minimum atomic E-state index is -1.36. The molecule has 60 heavy (non-hydrogen) atoms. The Balaban J connectivity index is 1.40. The second-order valence-corrected chi connectivity index (χ2v) is 16.9. The number of aliphatic hydroxyl groups excluding tert-OH is 3.